The molecule has 0 saturated heterocycles. The predicted octanol–water partition coefficient (Wildman–Crippen LogP) is 3.49. The van der Waals surface area contributed by atoms with Gasteiger partial charge >= 0.3 is 0 Å². The Morgan fingerprint density at radius 3 is 2.05 bits per heavy atom. The number of para-hydroxylation sites is 1. The Hall–Kier alpha value is -1.51. The Bertz CT molecular complexity index is 379. The number of amides is 1. The highest BCUT2D eigenvalue weighted by molar-refractivity contribution is 5.81. The SMILES string of the molecule is CC[C@H](Oc1ccccc1)C(=O)N(C(C)C)C(C)C. The summed E-state index contributed by atoms with van der Waals surface area (Å²) in [5, 5.41) is 0. The molecule has 0 unspecified atom stereocenters. The highest BCUT2D eigenvalue weighted by Gasteiger charge is 2.28. The molecule has 0 aliphatic carbocycles. The van der Waals surface area contributed by atoms with Gasteiger partial charge in [-0.25, -0.2) is 0 Å². The van der Waals surface area contributed by atoms with Crippen molar-refractivity contribution >= 4 is 5.91 Å². The maximum Gasteiger partial charge on any atom is 0.264 e. The molecule has 0 fully saturated rings. The minimum Gasteiger partial charge on any atom is -0.481 e. The van der Waals surface area contributed by atoms with Gasteiger partial charge in [-0.15, -0.1) is 0 Å². The van der Waals surface area contributed by atoms with E-state index in [1.165, 1.54) is 0 Å². The number of rotatable bonds is 6. The van der Waals surface area contributed by atoms with Gasteiger partial charge in [0.2, 0.25) is 0 Å². The number of nitrogens with zero attached hydrogens (tertiary/aromatic N) is 1. The zero-order chi connectivity index (χ0) is 14.4. The van der Waals surface area contributed by atoms with Crippen LogP contribution in [-0.4, -0.2) is 29.0 Å². The van der Waals surface area contributed by atoms with Crippen molar-refractivity contribution in [2.75, 3.05) is 0 Å². The molecule has 19 heavy (non-hydrogen) atoms. The van der Waals surface area contributed by atoms with E-state index >= 15 is 0 Å². The molecule has 0 heterocycles. The normalized spacial score (nSPS) is 12.6. The Balaban J connectivity index is 2.81. The summed E-state index contributed by atoms with van der Waals surface area (Å²) in [6, 6.07) is 9.88. The third kappa shape index (κ3) is 4.27. The average Bonchev–Trinajstić information content (AvgIpc) is 2.36. The van der Waals surface area contributed by atoms with E-state index in [2.05, 4.69) is 0 Å². The summed E-state index contributed by atoms with van der Waals surface area (Å²) in [5.74, 6) is 0.812. The Labute approximate surface area is 116 Å². The van der Waals surface area contributed by atoms with Crippen LogP contribution in [0.2, 0.25) is 0 Å². The maximum atomic E-state index is 12.6. The summed E-state index contributed by atoms with van der Waals surface area (Å²) in [5.41, 5.74) is 0. The number of benzene rings is 1. The Kier molecular flexibility index (Phi) is 5.87. The quantitative estimate of drug-likeness (QED) is 0.786. The Morgan fingerprint density at radius 2 is 1.63 bits per heavy atom. The highest BCUT2D eigenvalue weighted by atomic mass is 16.5. The number of hydrogen-bond acceptors (Lipinski definition) is 2. The monoisotopic (exact) mass is 263 g/mol. The fraction of sp³-hybridized carbons (Fsp3) is 0.562. The molecule has 106 valence electrons. The lowest BCUT2D eigenvalue weighted by Crippen LogP contribution is -2.48. The fourth-order valence-corrected chi connectivity index (χ4v) is 2.24. The standard InChI is InChI=1S/C16H25NO2/c1-6-15(19-14-10-8-7-9-11-14)16(18)17(12(2)3)13(4)5/h7-13,15H,6H2,1-5H3/t15-/m0/s1. The van der Waals surface area contributed by atoms with Crippen molar-refractivity contribution in [3.8, 4) is 5.75 Å². The van der Waals surface area contributed by atoms with Gasteiger partial charge < -0.3 is 9.64 Å². The molecule has 0 aliphatic heterocycles. The van der Waals surface area contributed by atoms with Crippen LogP contribution in [0.1, 0.15) is 41.0 Å². The molecule has 0 aliphatic rings. The van der Waals surface area contributed by atoms with Gasteiger partial charge in [0.05, 0.1) is 0 Å². The van der Waals surface area contributed by atoms with Crippen LogP contribution < -0.4 is 4.74 Å². The van der Waals surface area contributed by atoms with E-state index < -0.39 is 6.10 Å². The first-order valence-electron chi connectivity index (χ1n) is 7.01. The van der Waals surface area contributed by atoms with Gasteiger partial charge in [0.25, 0.3) is 5.91 Å². The summed E-state index contributed by atoms with van der Waals surface area (Å²) < 4.78 is 5.82. The first-order valence-corrected chi connectivity index (χ1v) is 7.01. The van der Waals surface area contributed by atoms with Crippen LogP contribution in [0.15, 0.2) is 30.3 Å². The van der Waals surface area contributed by atoms with Gasteiger partial charge in [0, 0.05) is 12.1 Å². The smallest absolute Gasteiger partial charge is 0.264 e. The van der Waals surface area contributed by atoms with Gasteiger partial charge in [0.15, 0.2) is 6.10 Å². The zero-order valence-electron chi connectivity index (χ0n) is 12.6. The van der Waals surface area contributed by atoms with Crippen LogP contribution in [0.3, 0.4) is 0 Å². The van der Waals surface area contributed by atoms with Crippen molar-refractivity contribution < 1.29 is 9.53 Å². The van der Waals surface area contributed by atoms with E-state index in [4.69, 9.17) is 4.74 Å². The largest absolute Gasteiger partial charge is 0.481 e. The third-order valence-corrected chi connectivity index (χ3v) is 3.03. The third-order valence-electron chi connectivity index (χ3n) is 3.03. The molecule has 3 heteroatoms. The lowest BCUT2D eigenvalue weighted by atomic mass is 10.1. The van der Waals surface area contributed by atoms with Gasteiger partial charge in [0.1, 0.15) is 5.75 Å². The molecule has 1 aromatic rings. The van der Waals surface area contributed by atoms with Crippen molar-refractivity contribution in [3.63, 3.8) is 0 Å². The molecule has 3 nitrogen and oxygen atoms in total. The summed E-state index contributed by atoms with van der Waals surface area (Å²) in [4.78, 5) is 14.4. The van der Waals surface area contributed by atoms with Gasteiger partial charge in [-0.1, -0.05) is 25.1 Å². The maximum absolute atomic E-state index is 12.6. The van der Waals surface area contributed by atoms with Crippen LogP contribution in [0.4, 0.5) is 0 Å². The van der Waals surface area contributed by atoms with E-state index in [1.54, 1.807) is 0 Å². The van der Waals surface area contributed by atoms with E-state index in [0.29, 0.717) is 6.42 Å². The van der Waals surface area contributed by atoms with E-state index in [-0.39, 0.29) is 18.0 Å². The first kappa shape index (κ1) is 15.5. The van der Waals surface area contributed by atoms with Gasteiger partial charge in [-0.05, 0) is 46.2 Å². The van der Waals surface area contributed by atoms with Crippen molar-refractivity contribution in [1.82, 2.24) is 4.90 Å². The van der Waals surface area contributed by atoms with Crippen molar-refractivity contribution in [1.29, 1.82) is 0 Å². The molecule has 0 saturated carbocycles. The second-order valence-corrected chi connectivity index (χ2v) is 5.26. The molecule has 1 amide bonds. The Morgan fingerprint density at radius 1 is 1.11 bits per heavy atom. The number of carbonyl (C=O) groups excluding carboxylic acids is 1. The molecule has 0 radical (unpaired) electrons. The van der Waals surface area contributed by atoms with Gasteiger partial charge in [-0.2, -0.15) is 0 Å². The van der Waals surface area contributed by atoms with E-state index in [9.17, 15) is 4.79 Å². The first-order chi connectivity index (χ1) is 8.97. The second-order valence-electron chi connectivity index (χ2n) is 5.26. The molecule has 0 spiro atoms. The zero-order valence-corrected chi connectivity index (χ0v) is 12.6. The molecular weight excluding hydrogens is 238 g/mol. The summed E-state index contributed by atoms with van der Waals surface area (Å²) >= 11 is 0. The number of hydrogen-bond donors (Lipinski definition) is 0. The van der Waals surface area contributed by atoms with Crippen molar-refractivity contribution in [2.24, 2.45) is 0 Å². The van der Waals surface area contributed by atoms with Crippen LogP contribution in [0.5, 0.6) is 5.75 Å². The van der Waals surface area contributed by atoms with Crippen molar-refractivity contribution in [3.05, 3.63) is 30.3 Å². The average molecular weight is 263 g/mol. The van der Waals surface area contributed by atoms with Gasteiger partial charge in [-0.3, -0.25) is 4.79 Å². The van der Waals surface area contributed by atoms with Crippen LogP contribution in [0.25, 0.3) is 0 Å². The van der Waals surface area contributed by atoms with E-state index in [1.807, 2.05) is 69.9 Å². The van der Waals surface area contributed by atoms with Crippen LogP contribution in [-0.2, 0) is 4.79 Å². The minimum absolute atomic E-state index is 0.0661. The second kappa shape index (κ2) is 7.17. The highest BCUT2D eigenvalue weighted by Crippen LogP contribution is 2.16. The van der Waals surface area contributed by atoms with Crippen LogP contribution >= 0.6 is 0 Å². The molecule has 0 N–H and O–H groups in total. The summed E-state index contributed by atoms with van der Waals surface area (Å²) in [7, 11) is 0. The number of ether oxygens (including phenoxy) is 1. The topological polar surface area (TPSA) is 29.5 Å². The number of carbonyl (C=O) groups is 1. The molecule has 1 rings (SSSR count). The molecular formula is C16H25NO2. The van der Waals surface area contributed by atoms with E-state index in [0.717, 1.165) is 5.75 Å². The summed E-state index contributed by atoms with van der Waals surface area (Å²) in [6.07, 6.45) is 0.260. The van der Waals surface area contributed by atoms with Crippen molar-refractivity contribution in [2.45, 2.75) is 59.2 Å². The molecule has 1 atom stereocenters. The molecule has 1 aromatic carbocycles. The van der Waals surface area contributed by atoms with Crippen LogP contribution in [0, 0.1) is 0 Å². The molecule has 0 bridgehead atoms. The fourth-order valence-electron chi connectivity index (χ4n) is 2.24. The molecule has 0 aromatic heterocycles. The lowest BCUT2D eigenvalue weighted by Gasteiger charge is -2.33. The minimum atomic E-state index is -0.410. The predicted molar refractivity (Wildman–Crippen MR) is 78.3 cm³/mol. The summed E-state index contributed by atoms with van der Waals surface area (Å²) in [6.45, 7) is 10.1. The lowest BCUT2D eigenvalue weighted by molar-refractivity contribution is -0.142.